The molecule has 4 aliphatic rings. The molecule has 2 fully saturated rings. The number of fused-ring (bicyclic) bond motifs is 5. The molecule has 0 saturated heterocycles. The molecule has 0 radical (unpaired) electrons. The fourth-order valence-corrected chi connectivity index (χ4v) is 8.29. The van der Waals surface area contributed by atoms with Crippen molar-refractivity contribution in [3.8, 4) is 0 Å². The van der Waals surface area contributed by atoms with E-state index in [1.165, 1.54) is 30.6 Å². The maximum atomic E-state index is 10.2. The van der Waals surface area contributed by atoms with Gasteiger partial charge in [-0.1, -0.05) is 44.6 Å². The van der Waals surface area contributed by atoms with Crippen molar-refractivity contribution in [3.05, 3.63) is 40.1 Å². The molecule has 5 rings (SSSR count). The predicted octanol–water partition coefficient (Wildman–Crippen LogP) is 6.31. The molecule has 7 atom stereocenters. The number of thiophene rings is 1. The SMILES string of the molecule is C[C@@H]1C=C2C[C@H](O)CC[C@]2(C)[C@H]2CC[C@]3(C)C(c4cccs4)=CC[C@H]3[C@H]12. The van der Waals surface area contributed by atoms with Gasteiger partial charge in [-0.25, -0.2) is 0 Å². The summed E-state index contributed by atoms with van der Waals surface area (Å²) in [6.45, 7) is 7.55. The number of rotatable bonds is 1. The van der Waals surface area contributed by atoms with Crippen molar-refractivity contribution >= 4 is 16.9 Å². The van der Waals surface area contributed by atoms with Gasteiger partial charge in [-0.05, 0) is 90.0 Å². The van der Waals surface area contributed by atoms with Gasteiger partial charge in [-0.3, -0.25) is 0 Å². The van der Waals surface area contributed by atoms with Gasteiger partial charge in [-0.15, -0.1) is 11.3 Å². The lowest BCUT2D eigenvalue weighted by Gasteiger charge is -2.59. The molecule has 1 aromatic rings. The van der Waals surface area contributed by atoms with Crippen molar-refractivity contribution in [2.75, 3.05) is 0 Å². The molecule has 0 bridgehead atoms. The van der Waals surface area contributed by atoms with Crippen LogP contribution in [0.5, 0.6) is 0 Å². The molecule has 0 aliphatic heterocycles. The summed E-state index contributed by atoms with van der Waals surface area (Å²) in [5, 5.41) is 12.5. The van der Waals surface area contributed by atoms with Gasteiger partial charge < -0.3 is 5.11 Å². The van der Waals surface area contributed by atoms with E-state index in [2.05, 4.69) is 50.4 Å². The van der Waals surface area contributed by atoms with Crippen molar-refractivity contribution in [1.82, 2.24) is 0 Å². The zero-order valence-corrected chi connectivity index (χ0v) is 17.2. The predicted molar refractivity (Wildman–Crippen MR) is 110 cm³/mol. The van der Waals surface area contributed by atoms with Gasteiger partial charge in [-0.2, -0.15) is 0 Å². The fraction of sp³-hybridized carbons (Fsp3) is 0.667. The van der Waals surface area contributed by atoms with E-state index in [0.29, 0.717) is 16.7 Å². The summed E-state index contributed by atoms with van der Waals surface area (Å²) in [6, 6.07) is 4.53. The lowest BCUT2D eigenvalue weighted by molar-refractivity contribution is -0.0425. The van der Waals surface area contributed by atoms with E-state index in [4.69, 9.17) is 0 Å². The number of hydrogen-bond acceptors (Lipinski definition) is 2. The van der Waals surface area contributed by atoms with Gasteiger partial charge in [0.25, 0.3) is 0 Å². The second-order valence-electron chi connectivity index (χ2n) is 9.94. The first-order valence-electron chi connectivity index (χ1n) is 10.6. The lowest BCUT2D eigenvalue weighted by Crippen LogP contribution is -2.52. The van der Waals surface area contributed by atoms with E-state index >= 15 is 0 Å². The Balaban J connectivity index is 1.52. The second kappa shape index (κ2) is 5.82. The molecule has 0 spiro atoms. The monoisotopic (exact) mass is 368 g/mol. The van der Waals surface area contributed by atoms with E-state index in [1.807, 2.05) is 11.3 Å². The third kappa shape index (κ3) is 2.24. The molecular weight excluding hydrogens is 336 g/mol. The average molecular weight is 369 g/mol. The molecule has 140 valence electrons. The van der Waals surface area contributed by atoms with Crippen LogP contribution in [0, 0.1) is 34.5 Å². The smallest absolute Gasteiger partial charge is 0.0577 e. The first-order valence-corrected chi connectivity index (χ1v) is 11.5. The molecular formula is C24H32OS. The minimum absolute atomic E-state index is 0.106. The highest BCUT2D eigenvalue weighted by molar-refractivity contribution is 7.11. The zero-order valence-electron chi connectivity index (χ0n) is 16.4. The molecule has 2 saturated carbocycles. The Labute approximate surface area is 162 Å². The first-order chi connectivity index (χ1) is 12.4. The van der Waals surface area contributed by atoms with Crippen LogP contribution in [0.3, 0.4) is 0 Å². The summed E-state index contributed by atoms with van der Waals surface area (Å²) in [4.78, 5) is 1.50. The van der Waals surface area contributed by atoms with Crippen molar-refractivity contribution in [2.45, 2.75) is 65.4 Å². The summed E-state index contributed by atoms with van der Waals surface area (Å²) in [6.07, 6.45) is 12.1. The van der Waals surface area contributed by atoms with Crippen LogP contribution in [0.1, 0.15) is 64.2 Å². The maximum Gasteiger partial charge on any atom is 0.0577 e. The van der Waals surface area contributed by atoms with Crippen LogP contribution in [0.15, 0.2) is 35.2 Å². The van der Waals surface area contributed by atoms with Crippen LogP contribution in [-0.2, 0) is 0 Å². The van der Waals surface area contributed by atoms with E-state index in [-0.39, 0.29) is 6.10 Å². The van der Waals surface area contributed by atoms with Crippen LogP contribution in [0.2, 0.25) is 0 Å². The highest BCUT2D eigenvalue weighted by Crippen LogP contribution is 2.67. The molecule has 1 heterocycles. The normalized spacial score (nSPS) is 47.5. The molecule has 4 aliphatic carbocycles. The van der Waals surface area contributed by atoms with Crippen molar-refractivity contribution in [3.63, 3.8) is 0 Å². The largest absolute Gasteiger partial charge is 0.393 e. The topological polar surface area (TPSA) is 20.2 Å². The maximum absolute atomic E-state index is 10.2. The standard InChI is InChI=1S/C24H32OS/c1-15-13-16-14-17(25)8-10-23(16,2)20-9-11-24(3)18(21-5-4-12-26-21)6-7-19(24)22(15)20/h4-6,12-13,15,17,19-20,22,25H,7-11,14H2,1-3H3/t15-,17-,19+,20+,22+,23+,24-/m1/s1. The average Bonchev–Trinajstić information content (AvgIpc) is 3.23. The van der Waals surface area contributed by atoms with Crippen molar-refractivity contribution in [2.24, 2.45) is 34.5 Å². The minimum Gasteiger partial charge on any atom is -0.393 e. The van der Waals surface area contributed by atoms with E-state index in [1.54, 1.807) is 11.1 Å². The summed E-state index contributed by atoms with van der Waals surface area (Å²) in [5.41, 5.74) is 3.92. The Morgan fingerprint density at radius 1 is 1.12 bits per heavy atom. The van der Waals surface area contributed by atoms with Crippen LogP contribution < -0.4 is 0 Å². The van der Waals surface area contributed by atoms with Gasteiger partial charge in [0.05, 0.1) is 6.10 Å². The van der Waals surface area contributed by atoms with Crippen LogP contribution in [0.25, 0.3) is 5.57 Å². The summed E-state index contributed by atoms with van der Waals surface area (Å²) in [7, 11) is 0. The Bertz CT molecular complexity index is 759. The van der Waals surface area contributed by atoms with Crippen LogP contribution in [0.4, 0.5) is 0 Å². The molecule has 26 heavy (non-hydrogen) atoms. The lowest BCUT2D eigenvalue weighted by atomic mass is 9.45. The number of hydrogen-bond donors (Lipinski definition) is 1. The Kier molecular flexibility index (Phi) is 3.86. The molecule has 0 amide bonds. The van der Waals surface area contributed by atoms with Gasteiger partial charge in [0, 0.05) is 4.88 Å². The molecule has 0 unspecified atom stereocenters. The number of aliphatic hydroxyl groups excluding tert-OH is 1. The Hall–Kier alpha value is -0.860. The van der Waals surface area contributed by atoms with Gasteiger partial charge in [0.1, 0.15) is 0 Å². The van der Waals surface area contributed by atoms with Crippen molar-refractivity contribution in [1.29, 1.82) is 0 Å². The van der Waals surface area contributed by atoms with E-state index in [0.717, 1.165) is 30.6 Å². The van der Waals surface area contributed by atoms with E-state index < -0.39 is 0 Å². The van der Waals surface area contributed by atoms with Crippen LogP contribution in [-0.4, -0.2) is 11.2 Å². The fourth-order valence-electron chi connectivity index (χ4n) is 7.38. The van der Waals surface area contributed by atoms with E-state index in [9.17, 15) is 5.11 Å². The third-order valence-corrected chi connectivity index (χ3v) is 9.68. The minimum atomic E-state index is -0.106. The highest BCUT2D eigenvalue weighted by Gasteiger charge is 2.58. The van der Waals surface area contributed by atoms with Crippen molar-refractivity contribution < 1.29 is 5.11 Å². The molecule has 0 aromatic carbocycles. The summed E-state index contributed by atoms with van der Waals surface area (Å²) < 4.78 is 0. The zero-order chi connectivity index (χ0) is 18.1. The Morgan fingerprint density at radius 2 is 1.92 bits per heavy atom. The highest BCUT2D eigenvalue weighted by atomic mass is 32.1. The first kappa shape index (κ1) is 17.3. The summed E-state index contributed by atoms with van der Waals surface area (Å²) >= 11 is 1.91. The number of aliphatic hydroxyl groups is 1. The third-order valence-electron chi connectivity index (χ3n) is 8.78. The molecule has 1 N–H and O–H groups in total. The van der Waals surface area contributed by atoms with Gasteiger partial charge in [0.15, 0.2) is 0 Å². The molecule has 2 heteroatoms. The summed E-state index contributed by atoms with van der Waals surface area (Å²) in [5.74, 6) is 3.04. The second-order valence-corrected chi connectivity index (χ2v) is 10.9. The molecule has 1 nitrogen and oxygen atoms in total. The van der Waals surface area contributed by atoms with Gasteiger partial charge >= 0.3 is 0 Å². The molecule has 1 aromatic heterocycles. The Morgan fingerprint density at radius 3 is 2.69 bits per heavy atom. The van der Waals surface area contributed by atoms with Crippen LogP contribution >= 0.6 is 11.3 Å². The quantitative estimate of drug-likeness (QED) is 0.576. The van der Waals surface area contributed by atoms with Gasteiger partial charge in [0.2, 0.25) is 0 Å². The number of allylic oxidation sites excluding steroid dienone is 3.